The lowest BCUT2D eigenvalue weighted by atomic mass is 9.87. The molecule has 1 aromatic carbocycles. The standard InChI is InChI=1S/C15H21N3O/c1-4-15(2,19-3)14(18-16)12-9-5-7-11-8-6-10-17-13(11)12/h5-10,14,18H,4,16H2,1-3H3. The van der Waals surface area contributed by atoms with Crippen LogP contribution in [0.3, 0.4) is 0 Å². The van der Waals surface area contributed by atoms with Gasteiger partial charge in [-0.25, -0.2) is 5.43 Å². The summed E-state index contributed by atoms with van der Waals surface area (Å²) in [6.07, 6.45) is 2.65. The van der Waals surface area contributed by atoms with Crippen LogP contribution >= 0.6 is 0 Å². The smallest absolute Gasteiger partial charge is 0.0855 e. The Balaban J connectivity index is 2.58. The van der Waals surface area contributed by atoms with Crippen molar-refractivity contribution in [3.63, 3.8) is 0 Å². The number of methoxy groups -OCH3 is 1. The molecule has 0 aliphatic heterocycles. The lowest BCUT2D eigenvalue weighted by Gasteiger charge is -2.35. The van der Waals surface area contributed by atoms with Gasteiger partial charge in [0.15, 0.2) is 0 Å². The number of nitrogens with one attached hydrogen (secondary N) is 1. The summed E-state index contributed by atoms with van der Waals surface area (Å²) in [5.41, 5.74) is 4.54. The molecular weight excluding hydrogens is 238 g/mol. The molecule has 1 heterocycles. The van der Waals surface area contributed by atoms with E-state index < -0.39 is 0 Å². The molecule has 0 spiro atoms. The molecule has 2 rings (SSSR count). The van der Waals surface area contributed by atoms with Gasteiger partial charge in [-0.2, -0.15) is 0 Å². The highest BCUT2D eigenvalue weighted by molar-refractivity contribution is 5.82. The summed E-state index contributed by atoms with van der Waals surface area (Å²) in [4.78, 5) is 4.48. The summed E-state index contributed by atoms with van der Waals surface area (Å²) < 4.78 is 5.67. The third-order valence-electron chi connectivity index (χ3n) is 3.92. The number of hydrazine groups is 1. The Labute approximate surface area is 113 Å². The zero-order valence-electron chi connectivity index (χ0n) is 11.7. The van der Waals surface area contributed by atoms with E-state index in [1.54, 1.807) is 13.3 Å². The molecule has 3 N–H and O–H groups in total. The van der Waals surface area contributed by atoms with Crippen molar-refractivity contribution in [3.8, 4) is 0 Å². The molecule has 0 aliphatic carbocycles. The van der Waals surface area contributed by atoms with Crippen molar-refractivity contribution in [1.82, 2.24) is 10.4 Å². The zero-order valence-corrected chi connectivity index (χ0v) is 11.7. The highest BCUT2D eigenvalue weighted by Gasteiger charge is 2.34. The number of ether oxygens (including phenoxy) is 1. The third-order valence-corrected chi connectivity index (χ3v) is 3.92. The van der Waals surface area contributed by atoms with E-state index in [0.29, 0.717) is 0 Å². The molecule has 0 fully saturated rings. The number of hydrogen-bond donors (Lipinski definition) is 2. The maximum atomic E-state index is 5.78. The molecular formula is C15H21N3O. The van der Waals surface area contributed by atoms with Gasteiger partial charge in [-0.05, 0) is 25.0 Å². The number of nitrogens with two attached hydrogens (primary N) is 1. The minimum atomic E-state index is -0.374. The van der Waals surface area contributed by atoms with Crippen LogP contribution in [0.1, 0.15) is 31.9 Å². The maximum Gasteiger partial charge on any atom is 0.0855 e. The number of aromatic nitrogens is 1. The van der Waals surface area contributed by atoms with Crippen LogP contribution in [-0.4, -0.2) is 17.7 Å². The van der Waals surface area contributed by atoms with Gasteiger partial charge >= 0.3 is 0 Å². The SMILES string of the molecule is CCC(C)(OC)C(NN)c1cccc2cccnc12. The fourth-order valence-electron chi connectivity index (χ4n) is 2.42. The first-order chi connectivity index (χ1) is 9.16. The van der Waals surface area contributed by atoms with Gasteiger partial charge in [0.25, 0.3) is 0 Å². The number of para-hydroxylation sites is 1. The number of fused-ring (bicyclic) bond motifs is 1. The van der Waals surface area contributed by atoms with Crippen molar-refractivity contribution in [2.24, 2.45) is 5.84 Å². The van der Waals surface area contributed by atoms with Crippen molar-refractivity contribution in [2.75, 3.05) is 7.11 Å². The van der Waals surface area contributed by atoms with E-state index in [1.807, 2.05) is 18.2 Å². The van der Waals surface area contributed by atoms with Crippen molar-refractivity contribution in [3.05, 3.63) is 42.1 Å². The molecule has 0 amide bonds. The van der Waals surface area contributed by atoms with Gasteiger partial charge in [0.1, 0.15) is 0 Å². The highest BCUT2D eigenvalue weighted by Crippen LogP contribution is 2.34. The lowest BCUT2D eigenvalue weighted by molar-refractivity contribution is -0.0297. The van der Waals surface area contributed by atoms with Crippen LogP contribution in [0.2, 0.25) is 0 Å². The Morgan fingerprint density at radius 3 is 2.74 bits per heavy atom. The Morgan fingerprint density at radius 2 is 2.11 bits per heavy atom. The van der Waals surface area contributed by atoms with Crippen molar-refractivity contribution in [2.45, 2.75) is 31.9 Å². The van der Waals surface area contributed by atoms with Crippen LogP contribution in [0, 0.1) is 0 Å². The minimum absolute atomic E-state index is 0.110. The summed E-state index contributed by atoms with van der Waals surface area (Å²) >= 11 is 0. The number of rotatable bonds is 5. The Hall–Kier alpha value is -1.49. The Bertz CT molecular complexity index is 547. The molecule has 0 aliphatic rings. The second kappa shape index (κ2) is 5.65. The second-order valence-electron chi connectivity index (χ2n) is 4.89. The summed E-state index contributed by atoms with van der Waals surface area (Å²) in [6.45, 7) is 4.14. The van der Waals surface area contributed by atoms with Gasteiger partial charge in [-0.15, -0.1) is 0 Å². The molecule has 4 heteroatoms. The van der Waals surface area contributed by atoms with E-state index in [4.69, 9.17) is 10.6 Å². The first-order valence-corrected chi connectivity index (χ1v) is 6.51. The van der Waals surface area contributed by atoms with E-state index in [2.05, 4.69) is 36.4 Å². The van der Waals surface area contributed by atoms with E-state index in [-0.39, 0.29) is 11.6 Å². The maximum absolute atomic E-state index is 5.78. The molecule has 1 aromatic heterocycles. The number of hydrogen-bond acceptors (Lipinski definition) is 4. The first-order valence-electron chi connectivity index (χ1n) is 6.51. The fourth-order valence-corrected chi connectivity index (χ4v) is 2.42. The van der Waals surface area contributed by atoms with Gasteiger partial charge in [-0.1, -0.05) is 31.2 Å². The van der Waals surface area contributed by atoms with Crippen molar-refractivity contribution in [1.29, 1.82) is 0 Å². The summed E-state index contributed by atoms with van der Waals surface area (Å²) in [5, 5.41) is 1.11. The largest absolute Gasteiger partial charge is 0.376 e. The van der Waals surface area contributed by atoms with Crippen molar-refractivity contribution >= 4 is 10.9 Å². The quantitative estimate of drug-likeness (QED) is 0.640. The second-order valence-corrected chi connectivity index (χ2v) is 4.89. The molecule has 0 radical (unpaired) electrons. The molecule has 102 valence electrons. The molecule has 0 saturated heterocycles. The monoisotopic (exact) mass is 259 g/mol. The average molecular weight is 259 g/mol. The summed E-state index contributed by atoms with van der Waals surface area (Å²) in [7, 11) is 1.71. The molecule has 2 atom stereocenters. The summed E-state index contributed by atoms with van der Waals surface area (Å²) in [5.74, 6) is 5.78. The topological polar surface area (TPSA) is 60.2 Å². The third kappa shape index (κ3) is 2.47. The zero-order chi connectivity index (χ0) is 13.9. The van der Waals surface area contributed by atoms with Crippen LogP contribution in [0.5, 0.6) is 0 Å². The van der Waals surface area contributed by atoms with Crippen LogP contribution in [0.25, 0.3) is 10.9 Å². The molecule has 0 saturated carbocycles. The normalized spacial score (nSPS) is 16.2. The lowest BCUT2D eigenvalue weighted by Crippen LogP contribution is -2.45. The van der Waals surface area contributed by atoms with E-state index in [1.165, 1.54) is 0 Å². The molecule has 4 nitrogen and oxygen atoms in total. The Morgan fingerprint density at radius 1 is 1.37 bits per heavy atom. The first kappa shape index (κ1) is 13.9. The van der Waals surface area contributed by atoms with Crippen LogP contribution in [-0.2, 0) is 4.74 Å². The predicted octanol–water partition coefficient (Wildman–Crippen LogP) is 2.55. The minimum Gasteiger partial charge on any atom is -0.376 e. The van der Waals surface area contributed by atoms with Gasteiger partial charge in [-0.3, -0.25) is 10.8 Å². The van der Waals surface area contributed by atoms with Gasteiger partial charge in [0, 0.05) is 18.7 Å². The molecule has 2 aromatic rings. The number of pyridine rings is 1. The molecule has 2 unspecified atom stereocenters. The van der Waals surface area contributed by atoms with Crippen LogP contribution < -0.4 is 11.3 Å². The van der Waals surface area contributed by atoms with Gasteiger partial charge < -0.3 is 4.74 Å². The summed E-state index contributed by atoms with van der Waals surface area (Å²) in [6, 6.07) is 10.0. The van der Waals surface area contributed by atoms with Crippen molar-refractivity contribution < 1.29 is 4.74 Å². The van der Waals surface area contributed by atoms with E-state index >= 15 is 0 Å². The number of benzene rings is 1. The van der Waals surface area contributed by atoms with Gasteiger partial charge in [0.2, 0.25) is 0 Å². The predicted molar refractivity (Wildman–Crippen MR) is 77.5 cm³/mol. The van der Waals surface area contributed by atoms with Gasteiger partial charge in [0.05, 0.1) is 17.2 Å². The molecule has 19 heavy (non-hydrogen) atoms. The van der Waals surface area contributed by atoms with E-state index in [0.717, 1.165) is 22.9 Å². The Kier molecular flexibility index (Phi) is 4.14. The fraction of sp³-hybridized carbons (Fsp3) is 0.400. The highest BCUT2D eigenvalue weighted by atomic mass is 16.5. The number of nitrogens with zero attached hydrogens (tertiary/aromatic N) is 1. The van der Waals surface area contributed by atoms with Crippen LogP contribution in [0.4, 0.5) is 0 Å². The average Bonchev–Trinajstić information content (AvgIpc) is 2.48. The van der Waals surface area contributed by atoms with Crippen LogP contribution in [0.15, 0.2) is 36.5 Å². The molecule has 0 bridgehead atoms. The van der Waals surface area contributed by atoms with E-state index in [9.17, 15) is 0 Å².